The van der Waals surface area contributed by atoms with Crippen LogP contribution < -0.4 is 9.47 Å². The zero-order valence-corrected chi connectivity index (χ0v) is 17.9. The molecule has 0 saturated heterocycles. The maximum absolute atomic E-state index is 14.7. The fourth-order valence-electron chi connectivity index (χ4n) is 3.75. The van der Waals surface area contributed by atoms with Crippen LogP contribution in [0.4, 0.5) is 4.39 Å². The summed E-state index contributed by atoms with van der Waals surface area (Å²) in [5, 5.41) is 9.90. The van der Waals surface area contributed by atoms with Crippen molar-refractivity contribution in [3.05, 3.63) is 57.4 Å². The summed E-state index contributed by atoms with van der Waals surface area (Å²) in [7, 11) is 0. The third kappa shape index (κ3) is 4.67. The van der Waals surface area contributed by atoms with Crippen LogP contribution in [-0.2, 0) is 24.2 Å². The number of rotatable bonds is 7. The number of carboxylic acid groups (broad SMARTS) is 1. The summed E-state index contributed by atoms with van der Waals surface area (Å²) in [5.41, 5.74) is 2.72. The van der Waals surface area contributed by atoms with Crippen LogP contribution in [0.2, 0.25) is 5.02 Å². The lowest BCUT2D eigenvalue weighted by molar-refractivity contribution is -0.138. The van der Waals surface area contributed by atoms with Gasteiger partial charge in [-0.2, -0.15) is 0 Å². The molecule has 29 heavy (non-hydrogen) atoms. The third-order valence-electron chi connectivity index (χ3n) is 5.14. The molecule has 1 aliphatic heterocycles. The second kappa shape index (κ2) is 8.23. The van der Waals surface area contributed by atoms with E-state index < -0.39 is 17.7 Å². The van der Waals surface area contributed by atoms with Gasteiger partial charge in [0.2, 0.25) is 0 Å². The Morgan fingerprint density at radius 3 is 2.69 bits per heavy atom. The minimum Gasteiger partial charge on any atom is -0.487 e. The first-order chi connectivity index (χ1) is 13.6. The van der Waals surface area contributed by atoms with Gasteiger partial charge in [-0.15, -0.1) is 0 Å². The highest BCUT2D eigenvalue weighted by atomic mass is 35.5. The van der Waals surface area contributed by atoms with Crippen LogP contribution >= 0.6 is 11.6 Å². The van der Waals surface area contributed by atoms with Crippen molar-refractivity contribution < 1.29 is 23.8 Å². The normalized spacial score (nSPS) is 15.5. The first-order valence-electron chi connectivity index (χ1n) is 9.79. The summed E-state index contributed by atoms with van der Waals surface area (Å²) in [6.07, 6.45) is 2.20. The molecule has 1 atom stereocenters. The molecule has 0 radical (unpaired) electrons. The van der Waals surface area contributed by atoms with Gasteiger partial charge in [0.05, 0.1) is 5.92 Å². The van der Waals surface area contributed by atoms with Gasteiger partial charge in [-0.1, -0.05) is 24.9 Å². The molecule has 156 valence electrons. The first kappa shape index (κ1) is 21.4. The predicted octanol–water partition coefficient (Wildman–Crippen LogP) is 5.91. The van der Waals surface area contributed by atoms with Crippen molar-refractivity contribution >= 4 is 17.6 Å². The summed E-state index contributed by atoms with van der Waals surface area (Å²) >= 11 is 6.25. The van der Waals surface area contributed by atoms with E-state index in [1.165, 1.54) is 6.07 Å². The van der Waals surface area contributed by atoms with Gasteiger partial charge in [0.25, 0.3) is 0 Å². The summed E-state index contributed by atoms with van der Waals surface area (Å²) in [5.74, 6) is -1.50. The van der Waals surface area contributed by atoms with Crippen LogP contribution in [0.1, 0.15) is 62.3 Å². The van der Waals surface area contributed by atoms with E-state index in [9.17, 15) is 14.3 Å². The van der Waals surface area contributed by atoms with Crippen LogP contribution in [0.3, 0.4) is 0 Å². The number of hydrogen-bond acceptors (Lipinski definition) is 3. The maximum atomic E-state index is 14.7. The molecular weight excluding hydrogens is 395 g/mol. The summed E-state index contributed by atoms with van der Waals surface area (Å²) in [4.78, 5) is 11.4. The predicted molar refractivity (Wildman–Crippen MR) is 111 cm³/mol. The van der Waals surface area contributed by atoms with E-state index in [0.29, 0.717) is 17.0 Å². The monoisotopic (exact) mass is 420 g/mol. The zero-order valence-electron chi connectivity index (χ0n) is 17.1. The van der Waals surface area contributed by atoms with Crippen LogP contribution in [0.5, 0.6) is 11.5 Å². The number of aliphatic carboxylic acids is 1. The molecule has 0 fully saturated rings. The van der Waals surface area contributed by atoms with Crippen LogP contribution in [0.25, 0.3) is 0 Å². The van der Waals surface area contributed by atoms with Crippen molar-refractivity contribution in [1.29, 1.82) is 0 Å². The SMILES string of the molecule is CCCc1cc(OCc2cc(Cl)cc3c2OC(C)(C)C3)c(F)cc1C(C)C(=O)O. The number of carbonyl (C=O) groups is 1. The largest absolute Gasteiger partial charge is 0.487 e. The van der Waals surface area contributed by atoms with Crippen molar-refractivity contribution in [3.63, 3.8) is 0 Å². The summed E-state index contributed by atoms with van der Waals surface area (Å²) < 4.78 is 26.5. The van der Waals surface area contributed by atoms with Crippen molar-refractivity contribution in [2.24, 2.45) is 0 Å². The molecule has 0 aliphatic carbocycles. The minimum absolute atomic E-state index is 0.0979. The second-order valence-corrected chi connectivity index (χ2v) is 8.61. The van der Waals surface area contributed by atoms with Crippen molar-refractivity contribution in [1.82, 2.24) is 0 Å². The number of benzene rings is 2. The average molecular weight is 421 g/mol. The van der Waals surface area contributed by atoms with E-state index in [0.717, 1.165) is 35.3 Å². The number of hydrogen-bond donors (Lipinski definition) is 1. The Morgan fingerprint density at radius 2 is 2.03 bits per heavy atom. The number of halogens is 2. The molecule has 0 spiro atoms. The second-order valence-electron chi connectivity index (χ2n) is 8.17. The molecule has 4 nitrogen and oxygen atoms in total. The Labute approximate surface area is 175 Å². The van der Waals surface area contributed by atoms with Crippen molar-refractivity contribution in [2.45, 2.75) is 65.1 Å². The molecule has 3 rings (SSSR count). The van der Waals surface area contributed by atoms with Crippen LogP contribution in [-0.4, -0.2) is 16.7 Å². The van der Waals surface area contributed by atoms with Gasteiger partial charge in [0, 0.05) is 17.0 Å². The first-order valence-corrected chi connectivity index (χ1v) is 10.2. The number of carboxylic acids is 1. The highest BCUT2D eigenvalue weighted by Gasteiger charge is 2.32. The van der Waals surface area contributed by atoms with Gasteiger partial charge in [0.15, 0.2) is 11.6 Å². The minimum atomic E-state index is -0.982. The van der Waals surface area contributed by atoms with Gasteiger partial charge in [0.1, 0.15) is 18.0 Å². The molecule has 0 saturated carbocycles. The zero-order chi connectivity index (χ0) is 21.3. The van der Waals surface area contributed by atoms with E-state index in [1.807, 2.05) is 26.8 Å². The average Bonchev–Trinajstić information content (AvgIpc) is 2.94. The molecule has 2 aromatic rings. The van der Waals surface area contributed by atoms with Crippen LogP contribution in [0, 0.1) is 5.82 Å². The maximum Gasteiger partial charge on any atom is 0.310 e. The molecule has 0 amide bonds. The van der Waals surface area contributed by atoms with E-state index in [2.05, 4.69) is 0 Å². The van der Waals surface area contributed by atoms with Gasteiger partial charge < -0.3 is 14.6 Å². The molecule has 1 heterocycles. The molecule has 6 heteroatoms. The molecule has 1 unspecified atom stereocenters. The number of ether oxygens (including phenoxy) is 2. The van der Waals surface area contributed by atoms with Gasteiger partial charge in [-0.25, -0.2) is 4.39 Å². The van der Waals surface area contributed by atoms with Gasteiger partial charge in [-0.05, 0) is 68.1 Å². The molecule has 1 N–H and O–H groups in total. The fraction of sp³-hybridized carbons (Fsp3) is 0.435. The van der Waals surface area contributed by atoms with E-state index in [1.54, 1.807) is 19.1 Å². The Hall–Kier alpha value is -2.27. The van der Waals surface area contributed by atoms with Crippen molar-refractivity contribution in [3.8, 4) is 11.5 Å². The lowest BCUT2D eigenvalue weighted by atomic mass is 9.93. The summed E-state index contributed by atoms with van der Waals surface area (Å²) in [6.45, 7) is 7.67. The van der Waals surface area contributed by atoms with E-state index in [-0.39, 0.29) is 18.0 Å². The van der Waals surface area contributed by atoms with Crippen molar-refractivity contribution in [2.75, 3.05) is 0 Å². The standard InChI is InChI=1S/C23H26ClFO4/c1-5-6-14-9-20(19(25)10-18(14)13(2)22(26)27)28-12-16-8-17(24)7-15-11-23(3,4)29-21(15)16/h7-10,13H,5-6,11-12H2,1-4H3,(H,26,27). The van der Waals surface area contributed by atoms with E-state index >= 15 is 0 Å². The molecule has 2 aromatic carbocycles. The molecule has 1 aliphatic rings. The Kier molecular flexibility index (Phi) is 6.08. The quantitative estimate of drug-likeness (QED) is 0.604. The topological polar surface area (TPSA) is 55.8 Å². The fourth-order valence-corrected chi connectivity index (χ4v) is 4.01. The molecule has 0 aromatic heterocycles. The Bertz CT molecular complexity index is 939. The number of fused-ring (bicyclic) bond motifs is 1. The lowest BCUT2D eigenvalue weighted by Crippen LogP contribution is -2.25. The summed E-state index contributed by atoms with van der Waals surface area (Å²) in [6, 6.07) is 6.55. The van der Waals surface area contributed by atoms with Gasteiger partial charge >= 0.3 is 5.97 Å². The van der Waals surface area contributed by atoms with Crippen LogP contribution in [0.15, 0.2) is 24.3 Å². The third-order valence-corrected chi connectivity index (χ3v) is 5.35. The number of aryl methyl sites for hydroxylation is 1. The van der Waals surface area contributed by atoms with E-state index in [4.69, 9.17) is 21.1 Å². The Morgan fingerprint density at radius 1 is 1.31 bits per heavy atom. The highest BCUT2D eigenvalue weighted by Crippen LogP contribution is 2.40. The molecule has 0 bridgehead atoms. The highest BCUT2D eigenvalue weighted by molar-refractivity contribution is 6.30. The molecular formula is C23H26ClFO4. The Balaban J connectivity index is 1.89. The smallest absolute Gasteiger partial charge is 0.310 e. The van der Waals surface area contributed by atoms with Gasteiger partial charge in [-0.3, -0.25) is 4.79 Å². The lowest BCUT2D eigenvalue weighted by Gasteiger charge is -2.19.